The molecular weight excluding hydrogens is 322 g/mol. The first-order chi connectivity index (χ1) is 9.65. The van der Waals surface area contributed by atoms with Gasteiger partial charge in [-0.25, -0.2) is 10.8 Å². The zero-order chi connectivity index (χ0) is 14.5. The zero-order valence-electron chi connectivity index (χ0n) is 10.2. The quantitative estimate of drug-likeness (QED) is 0.591. The molecule has 20 heavy (non-hydrogen) atoms. The van der Waals surface area contributed by atoms with Crippen molar-refractivity contribution in [2.24, 2.45) is 5.84 Å². The second-order valence-corrected chi connectivity index (χ2v) is 4.72. The number of amides is 1. The number of hydrazine groups is 1. The zero-order valence-corrected chi connectivity index (χ0v) is 11.8. The van der Waals surface area contributed by atoms with E-state index in [1.165, 1.54) is 6.20 Å². The van der Waals surface area contributed by atoms with Gasteiger partial charge in [0.25, 0.3) is 5.91 Å². The molecule has 6 nitrogen and oxygen atoms in total. The molecule has 0 unspecified atom stereocenters. The molecule has 0 spiro atoms. The van der Waals surface area contributed by atoms with Crippen molar-refractivity contribution in [3.8, 4) is 6.07 Å². The molecule has 0 atom stereocenters. The topological polar surface area (TPSA) is 104 Å². The van der Waals surface area contributed by atoms with Crippen LogP contribution in [0.4, 0.5) is 11.5 Å². The van der Waals surface area contributed by atoms with Gasteiger partial charge in [-0.05, 0) is 30.3 Å². The van der Waals surface area contributed by atoms with E-state index < -0.39 is 5.91 Å². The third-order valence-electron chi connectivity index (χ3n) is 2.54. The molecule has 0 saturated carbocycles. The summed E-state index contributed by atoms with van der Waals surface area (Å²) >= 11 is 3.27. The molecule has 0 aliphatic carbocycles. The summed E-state index contributed by atoms with van der Waals surface area (Å²) in [5.74, 6) is 5.17. The van der Waals surface area contributed by atoms with Crippen molar-refractivity contribution in [3.05, 3.63) is 52.1 Å². The van der Waals surface area contributed by atoms with E-state index in [1.54, 1.807) is 30.3 Å². The minimum atomic E-state index is -0.398. The van der Waals surface area contributed by atoms with Crippen LogP contribution in [0.2, 0.25) is 0 Å². The normalized spacial score (nSPS) is 9.65. The van der Waals surface area contributed by atoms with Gasteiger partial charge in [-0.15, -0.1) is 0 Å². The van der Waals surface area contributed by atoms with Crippen LogP contribution in [-0.2, 0) is 0 Å². The average molecular weight is 332 g/mol. The number of nitrogens with zero attached hydrogens (tertiary/aromatic N) is 2. The molecule has 0 radical (unpaired) electrons. The maximum Gasteiger partial charge on any atom is 0.259 e. The van der Waals surface area contributed by atoms with Crippen LogP contribution in [0, 0.1) is 11.3 Å². The van der Waals surface area contributed by atoms with Gasteiger partial charge in [0.05, 0.1) is 16.8 Å². The van der Waals surface area contributed by atoms with Crippen LogP contribution >= 0.6 is 15.9 Å². The Labute approximate surface area is 123 Å². The molecule has 1 aromatic heterocycles. The maximum absolute atomic E-state index is 12.2. The molecule has 0 bridgehead atoms. The fraction of sp³-hybridized carbons (Fsp3) is 0. The molecule has 1 heterocycles. The molecule has 0 aliphatic heterocycles. The first kappa shape index (κ1) is 14.0. The summed E-state index contributed by atoms with van der Waals surface area (Å²) in [6.07, 6.45) is 1.52. The first-order valence-corrected chi connectivity index (χ1v) is 6.37. The molecule has 2 rings (SSSR count). The Morgan fingerprint density at radius 3 is 2.90 bits per heavy atom. The van der Waals surface area contributed by atoms with Crippen molar-refractivity contribution >= 4 is 33.3 Å². The van der Waals surface area contributed by atoms with Gasteiger partial charge < -0.3 is 10.7 Å². The Balaban J connectivity index is 2.31. The number of hydrogen-bond donors (Lipinski definition) is 3. The highest BCUT2D eigenvalue weighted by atomic mass is 79.9. The number of carbonyl (C=O) groups is 1. The molecular formula is C13H10BrN5O. The molecule has 2 aromatic rings. The summed E-state index contributed by atoms with van der Waals surface area (Å²) in [4.78, 5) is 16.1. The second kappa shape index (κ2) is 6.14. The SMILES string of the molecule is N#Cc1cc(Br)ccc1NC(=O)c1cccnc1NN. The lowest BCUT2D eigenvalue weighted by Gasteiger charge is -2.09. The minimum absolute atomic E-state index is 0.264. The molecule has 100 valence electrons. The van der Waals surface area contributed by atoms with Crippen molar-refractivity contribution in [2.75, 3.05) is 10.7 Å². The number of nitrogen functional groups attached to an aromatic ring is 1. The van der Waals surface area contributed by atoms with Crippen molar-refractivity contribution in [1.82, 2.24) is 4.98 Å². The van der Waals surface area contributed by atoms with Gasteiger partial charge in [0.2, 0.25) is 0 Å². The van der Waals surface area contributed by atoms with Crippen molar-refractivity contribution in [1.29, 1.82) is 5.26 Å². The van der Waals surface area contributed by atoms with Crippen molar-refractivity contribution in [2.45, 2.75) is 0 Å². The van der Waals surface area contributed by atoms with Gasteiger partial charge in [-0.3, -0.25) is 4.79 Å². The number of hydrogen-bond acceptors (Lipinski definition) is 5. The summed E-state index contributed by atoms with van der Waals surface area (Å²) in [6.45, 7) is 0. The number of nitrogens with two attached hydrogens (primary N) is 1. The van der Waals surface area contributed by atoms with Crippen LogP contribution in [0.1, 0.15) is 15.9 Å². The molecule has 0 saturated heterocycles. The van der Waals surface area contributed by atoms with Crippen molar-refractivity contribution in [3.63, 3.8) is 0 Å². The first-order valence-electron chi connectivity index (χ1n) is 5.58. The van der Waals surface area contributed by atoms with Crippen LogP contribution in [0.5, 0.6) is 0 Å². The van der Waals surface area contributed by atoms with E-state index in [1.807, 2.05) is 6.07 Å². The molecule has 1 aromatic carbocycles. The Hall–Kier alpha value is -2.43. The number of nitrogens with one attached hydrogen (secondary N) is 2. The smallest absolute Gasteiger partial charge is 0.259 e. The van der Waals surface area contributed by atoms with Crippen molar-refractivity contribution < 1.29 is 4.79 Å². The van der Waals surface area contributed by atoms with E-state index >= 15 is 0 Å². The van der Waals surface area contributed by atoms with Crippen LogP contribution < -0.4 is 16.6 Å². The van der Waals surface area contributed by atoms with Crippen LogP contribution in [0.15, 0.2) is 41.0 Å². The Bertz CT molecular complexity index is 695. The molecule has 0 fully saturated rings. The number of aromatic nitrogens is 1. The number of rotatable bonds is 3. The fourth-order valence-corrected chi connectivity index (χ4v) is 1.97. The summed E-state index contributed by atoms with van der Waals surface area (Å²) < 4.78 is 0.762. The highest BCUT2D eigenvalue weighted by Gasteiger charge is 2.13. The van der Waals surface area contributed by atoms with Crippen LogP contribution in [0.25, 0.3) is 0 Å². The number of nitriles is 1. The third kappa shape index (κ3) is 2.93. The third-order valence-corrected chi connectivity index (χ3v) is 3.03. The van der Waals surface area contributed by atoms with Gasteiger partial charge in [-0.2, -0.15) is 5.26 Å². The monoisotopic (exact) mass is 331 g/mol. The lowest BCUT2D eigenvalue weighted by Crippen LogP contribution is -2.18. The minimum Gasteiger partial charge on any atom is -0.321 e. The summed E-state index contributed by atoms with van der Waals surface area (Å²) in [7, 11) is 0. The van der Waals surface area contributed by atoms with E-state index in [9.17, 15) is 4.79 Å². The fourth-order valence-electron chi connectivity index (χ4n) is 1.61. The van der Waals surface area contributed by atoms with Gasteiger partial charge in [0, 0.05) is 10.7 Å². The standard InChI is InChI=1S/C13H10BrN5O/c14-9-3-4-11(8(6-9)7-15)18-13(20)10-2-1-5-17-12(10)19-16/h1-6H,16H2,(H,17,19)(H,18,20). The number of pyridine rings is 1. The number of benzene rings is 1. The van der Waals surface area contributed by atoms with Gasteiger partial charge in [-0.1, -0.05) is 15.9 Å². The predicted molar refractivity (Wildman–Crippen MR) is 78.9 cm³/mol. The largest absolute Gasteiger partial charge is 0.321 e. The van der Waals surface area contributed by atoms with Gasteiger partial charge in [0.1, 0.15) is 6.07 Å². The van der Waals surface area contributed by atoms with E-state index in [-0.39, 0.29) is 5.82 Å². The van der Waals surface area contributed by atoms with E-state index in [2.05, 4.69) is 31.7 Å². The molecule has 7 heteroatoms. The number of carbonyl (C=O) groups excluding carboxylic acids is 1. The molecule has 4 N–H and O–H groups in total. The number of anilines is 2. The summed E-state index contributed by atoms with van der Waals surface area (Å²) in [6, 6.07) is 10.2. The molecule has 0 aliphatic rings. The number of halogens is 1. The summed E-state index contributed by atoms with van der Waals surface area (Å²) in [5, 5.41) is 11.7. The van der Waals surface area contributed by atoms with Gasteiger partial charge >= 0.3 is 0 Å². The van der Waals surface area contributed by atoms with Gasteiger partial charge in [0.15, 0.2) is 5.82 Å². The highest BCUT2D eigenvalue weighted by molar-refractivity contribution is 9.10. The average Bonchev–Trinajstić information content (AvgIpc) is 2.48. The lowest BCUT2D eigenvalue weighted by molar-refractivity contribution is 0.102. The van der Waals surface area contributed by atoms with Crippen LogP contribution in [-0.4, -0.2) is 10.9 Å². The summed E-state index contributed by atoms with van der Waals surface area (Å²) in [5.41, 5.74) is 3.43. The predicted octanol–water partition coefficient (Wildman–Crippen LogP) is 2.25. The maximum atomic E-state index is 12.2. The Morgan fingerprint density at radius 1 is 1.40 bits per heavy atom. The van der Waals surface area contributed by atoms with E-state index in [0.717, 1.165) is 4.47 Å². The van der Waals surface area contributed by atoms with Crippen LogP contribution in [0.3, 0.4) is 0 Å². The lowest BCUT2D eigenvalue weighted by atomic mass is 10.1. The molecule has 1 amide bonds. The Morgan fingerprint density at radius 2 is 2.20 bits per heavy atom. The Kier molecular flexibility index (Phi) is 4.30. The highest BCUT2D eigenvalue weighted by Crippen LogP contribution is 2.21. The second-order valence-electron chi connectivity index (χ2n) is 3.80. The van der Waals surface area contributed by atoms with E-state index in [0.29, 0.717) is 16.8 Å². The van der Waals surface area contributed by atoms with E-state index in [4.69, 9.17) is 11.1 Å².